The summed E-state index contributed by atoms with van der Waals surface area (Å²) in [4.78, 5) is 21.2. The molecule has 2 aromatic rings. The largest absolute Gasteiger partial charge is 0.390 e. The number of pyridine rings is 1. The molecule has 2 aliphatic rings. The molecule has 0 radical (unpaired) electrons. The number of hydrogen-bond acceptors (Lipinski definition) is 6. The van der Waals surface area contributed by atoms with Gasteiger partial charge in [0.25, 0.3) is 5.91 Å². The molecule has 2 aliphatic heterocycles. The van der Waals surface area contributed by atoms with Gasteiger partial charge in [-0.15, -0.1) is 0 Å². The van der Waals surface area contributed by atoms with Gasteiger partial charge in [0.2, 0.25) is 0 Å². The number of nitrogens with zero attached hydrogens (tertiary/aromatic N) is 3. The van der Waals surface area contributed by atoms with Crippen molar-refractivity contribution in [3.8, 4) is 0 Å². The van der Waals surface area contributed by atoms with Crippen molar-refractivity contribution in [1.82, 2.24) is 9.88 Å². The Hall–Kier alpha value is -2.48. The highest BCUT2D eigenvalue weighted by Crippen LogP contribution is 2.28. The second-order valence-electron chi connectivity index (χ2n) is 7.22. The zero-order chi connectivity index (χ0) is 19.3. The van der Waals surface area contributed by atoms with E-state index < -0.39 is 6.10 Å². The van der Waals surface area contributed by atoms with E-state index in [1.54, 1.807) is 18.3 Å². The number of aliphatic hydroxyl groups excluding tert-OH is 1. The van der Waals surface area contributed by atoms with Gasteiger partial charge in [-0.2, -0.15) is 0 Å². The predicted octanol–water partition coefficient (Wildman–Crippen LogP) is 1.39. The zero-order valence-electron chi connectivity index (χ0n) is 15.9. The maximum absolute atomic E-state index is 12.8. The Kier molecular flexibility index (Phi) is 5.85. The molecule has 0 aliphatic carbocycles. The predicted molar refractivity (Wildman–Crippen MR) is 108 cm³/mol. The van der Waals surface area contributed by atoms with Gasteiger partial charge in [0, 0.05) is 44.6 Å². The summed E-state index contributed by atoms with van der Waals surface area (Å²) in [7, 11) is 0. The molecule has 1 aromatic carbocycles. The van der Waals surface area contributed by atoms with Gasteiger partial charge in [0.15, 0.2) is 0 Å². The zero-order valence-corrected chi connectivity index (χ0v) is 15.9. The van der Waals surface area contributed by atoms with Crippen molar-refractivity contribution in [3.63, 3.8) is 0 Å². The normalized spacial score (nSPS) is 18.0. The summed E-state index contributed by atoms with van der Waals surface area (Å²) >= 11 is 0. The Bertz CT molecular complexity index is 806. The van der Waals surface area contributed by atoms with Gasteiger partial charge >= 0.3 is 0 Å². The summed E-state index contributed by atoms with van der Waals surface area (Å²) in [6.07, 6.45) is 2.00. The van der Waals surface area contributed by atoms with Crippen LogP contribution in [0.4, 0.5) is 11.5 Å². The van der Waals surface area contributed by atoms with Crippen LogP contribution in [0.5, 0.6) is 0 Å². The van der Waals surface area contributed by atoms with Crippen LogP contribution in [-0.4, -0.2) is 72.9 Å². The Labute approximate surface area is 164 Å². The molecule has 0 bridgehead atoms. The molecule has 4 rings (SSSR count). The van der Waals surface area contributed by atoms with Crippen molar-refractivity contribution in [3.05, 3.63) is 53.7 Å². The molecule has 148 valence electrons. The summed E-state index contributed by atoms with van der Waals surface area (Å²) in [6, 6.07) is 11.6. The third-order valence-electron chi connectivity index (χ3n) is 5.23. The van der Waals surface area contributed by atoms with E-state index in [0.717, 1.165) is 38.4 Å². The third kappa shape index (κ3) is 4.32. The fourth-order valence-corrected chi connectivity index (χ4v) is 3.70. The minimum atomic E-state index is -0.484. The quantitative estimate of drug-likeness (QED) is 0.786. The lowest BCUT2D eigenvalue weighted by Crippen LogP contribution is -2.42. The van der Waals surface area contributed by atoms with Gasteiger partial charge in [0.05, 0.1) is 24.9 Å². The lowest BCUT2D eigenvalue weighted by molar-refractivity contribution is 0.0171. The maximum atomic E-state index is 12.8. The molecule has 0 saturated carbocycles. The third-order valence-corrected chi connectivity index (χ3v) is 5.23. The lowest BCUT2D eigenvalue weighted by atomic mass is 10.2. The first-order chi connectivity index (χ1) is 13.7. The Morgan fingerprint density at radius 1 is 1.18 bits per heavy atom. The van der Waals surface area contributed by atoms with Gasteiger partial charge in [-0.3, -0.25) is 9.69 Å². The number of ether oxygens (including phenoxy) is 1. The molecule has 1 saturated heterocycles. The number of hydrogen-bond donors (Lipinski definition) is 2. The minimum absolute atomic E-state index is 0.0312. The van der Waals surface area contributed by atoms with E-state index >= 15 is 0 Å². The molecule has 7 heteroatoms. The fourth-order valence-electron chi connectivity index (χ4n) is 3.70. The van der Waals surface area contributed by atoms with E-state index in [4.69, 9.17) is 4.74 Å². The number of amides is 1. The average molecular weight is 382 g/mol. The number of para-hydroxylation sites is 1. The monoisotopic (exact) mass is 382 g/mol. The number of fused-ring (bicyclic) bond motifs is 1. The number of carbonyl (C=O) groups is 1. The number of morpholine rings is 1. The van der Waals surface area contributed by atoms with Gasteiger partial charge in [-0.25, -0.2) is 4.98 Å². The molecule has 1 amide bonds. The van der Waals surface area contributed by atoms with Crippen molar-refractivity contribution in [1.29, 1.82) is 0 Å². The molecule has 3 heterocycles. The molecule has 1 fully saturated rings. The van der Waals surface area contributed by atoms with Crippen LogP contribution < -0.4 is 10.2 Å². The first kappa shape index (κ1) is 18.9. The van der Waals surface area contributed by atoms with Crippen LogP contribution in [0.1, 0.15) is 15.9 Å². The van der Waals surface area contributed by atoms with Gasteiger partial charge in [-0.1, -0.05) is 18.2 Å². The number of aromatic nitrogens is 1. The van der Waals surface area contributed by atoms with Crippen LogP contribution in [0.15, 0.2) is 42.6 Å². The maximum Gasteiger partial charge on any atom is 0.259 e. The Balaban J connectivity index is 1.31. The standard InChI is InChI=1S/C21H26N4O3/c26-18(15-24-9-11-28-12-10-24)14-23-20-6-5-17(13-22-20)21(27)25-8-7-16-3-1-2-4-19(16)25/h1-6,13,18,26H,7-12,14-15H2,(H,22,23). The van der Waals surface area contributed by atoms with Gasteiger partial charge < -0.3 is 20.1 Å². The van der Waals surface area contributed by atoms with Crippen LogP contribution in [-0.2, 0) is 11.2 Å². The Morgan fingerprint density at radius 2 is 2.00 bits per heavy atom. The molecular weight excluding hydrogens is 356 g/mol. The van der Waals surface area contributed by atoms with Crippen LogP contribution >= 0.6 is 0 Å². The van der Waals surface area contributed by atoms with Crippen molar-refractivity contribution in [2.45, 2.75) is 12.5 Å². The van der Waals surface area contributed by atoms with E-state index in [0.29, 0.717) is 31.0 Å². The summed E-state index contributed by atoms with van der Waals surface area (Å²) in [6.45, 7) is 4.87. The van der Waals surface area contributed by atoms with Crippen LogP contribution in [0.2, 0.25) is 0 Å². The number of aliphatic hydroxyl groups is 1. The second kappa shape index (κ2) is 8.68. The van der Waals surface area contributed by atoms with E-state index in [1.807, 2.05) is 23.1 Å². The molecule has 2 N–H and O–H groups in total. The summed E-state index contributed by atoms with van der Waals surface area (Å²) in [5.41, 5.74) is 2.76. The molecule has 7 nitrogen and oxygen atoms in total. The number of carbonyl (C=O) groups excluding carboxylic acids is 1. The van der Waals surface area contributed by atoms with Crippen molar-refractivity contribution in [2.24, 2.45) is 0 Å². The highest BCUT2D eigenvalue weighted by Gasteiger charge is 2.25. The average Bonchev–Trinajstić information content (AvgIpc) is 3.17. The summed E-state index contributed by atoms with van der Waals surface area (Å²) in [5.74, 6) is 0.621. The SMILES string of the molecule is O=C(c1ccc(NCC(O)CN2CCOCC2)nc1)N1CCc2ccccc21. The molecular formula is C21H26N4O3. The number of benzene rings is 1. The van der Waals surface area contributed by atoms with Gasteiger partial charge in [0.1, 0.15) is 5.82 Å². The van der Waals surface area contributed by atoms with E-state index in [-0.39, 0.29) is 5.91 Å². The molecule has 1 aromatic heterocycles. The summed E-state index contributed by atoms with van der Waals surface area (Å²) in [5, 5.41) is 13.3. The van der Waals surface area contributed by atoms with Crippen molar-refractivity contribution < 1.29 is 14.6 Å². The molecule has 1 unspecified atom stereocenters. The van der Waals surface area contributed by atoms with Crippen LogP contribution in [0.3, 0.4) is 0 Å². The van der Waals surface area contributed by atoms with Crippen LogP contribution in [0.25, 0.3) is 0 Å². The van der Waals surface area contributed by atoms with Crippen molar-refractivity contribution in [2.75, 3.05) is 56.2 Å². The first-order valence-corrected chi connectivity index (χ1v) is 9.78. The number of β-amino-alcohol motifs (C(OH)–C–C–N with tert-alkyl or cyclic N) is 1. The highest BCUT2D eigenvalue weighted by molar-refractivity contribution is 6.07. The van der Waals surface area contributed by atoms with Crippen LogP contribution in [0, 0.1) is 0 Å². The first-order valence-electron chi connectivity index (χ1n) is 9.78. The van der Waals surface area contributed by atoms with E-state index in [9.17, 15) is 9.90 Å². The van der Waals surface area contributed by atoms with Gasteiger partial charge in [-0.05, 0) is 30.2 Å². The number of rotatable bonds is 6. The topological polar surface area (TPSA) is 77.9 Å². The lowest BCUT2D eigenvalue weighted by Gasteiger charge is -2.28. The second-order valence-corrected chi connectivity index (χ2v) is 7.22. The molecule has 28 heavy (non-hydrogen) atoms. The fraction of sp³-hybridized carbons (Fsp3) is 0.429. The van der Waals surface area contributed by atoms with Crippen molar-refractivity contribution >= 4 is 17.4 Å². The molecule has 1 atom stereocenters. The van der Waals surface area contributed by atoms with E-state index in [1.165, 1.54) is 5.56 Å². The minimum Gasteiger partial charge on any atom is -0.390 e. The number of anilines is 2. The number of nitrogens with one attached hydrogen (secondary N) is 1. The van der Waals surface area contributed by atoms with E-state index in [2.05, 4.69) is 21.3 Å². The summed E-state index contributed by atoms with van der Waals surface area (Å²) < 4.78 is 5.32. The highest BCUT2D eigenvalue weighted by atomic mass is 16.5. The smallest absolute Gasteiger partial charge is 0.259 e. The molecule has 0 spiro atoms. The Morgan fingerprint density at radius 3 is 2.79 bits per heavy atom.